The van der Waals surface area contributed by atoms with Gasteiger partial charge in [0.1, 0.15) is 11.6 Å². The lowest BCUT2D eigenvalue weighted by Crippen LogP contribution is -2.47. The second-order valence-corrected chi connectivity index (χ2v) is 10.5. The highest BCUT2D eigenvalue weighted by Crippen LogP contribution is 2.34. The number of aromatic nitrogens is 2. The monoisotopic (exact) mass is 433 g/mol. The molecule has 9 heteroatoms. The molecule has 29 heavy (non-hydrogen) atoms. The summed E-state index contributed by atoms with van der Waals surface area (Å²) in [4.78, 5) is 13.3. The minimum absolute atomic E-state index is 0.171. The third-order valence-electron chi connectivity index (χ3n) is 6.16. The largest absolute Gasteiger partial charge is 0.493 e. The first kappa shape index (κ1) is 19.1. The normalized spacial score (nSPS) is 24.8. The van der Waals surface area contributed by atoms with E-state index < -0.39 is 9.73 Å². The van der Waals surface area contributed by atoms with Crippen molar-refractivity contribution in [3.63, 3.8) is 0 Å². The second-order valence-electron chi connectivity index (χ2n) is 8.01. The molecule has 2 atom stereocenters. The van der Waals surface area contributed by atoms with Crippen molar-refractivity contribution < 1.29 is 8.95 Å². The fourth-order valence-corrected chi connectivity index (χ4v) is 6.22. The summed E-state index contributed by atoms with van der Waals surface area (Å²) in [5, 5.41) is 0.171. The van der Waals surface area contributed by atoms with Crippen LogP contribution >= 0.6 is 11.6 Å². The summed E-state index contributed by atoms with van der Waals surface area (Å²) in [5.74, 6) is 2.18. The number of piperazine rings is 1. The SMILES string of the molecule is CC(c1ccc2c(c1)OCC2)N1CCN(c2nc(Cl)nc3c2CS(=N)(=O)C3)CC1. The Morgan fingerprint density at radius 3 is 2.79 bits per heavy atom. The Morgan fingerprint density at radius 1 is 1.21 bits per heavy atom. The fraction of sp³-hybridized carbons (Fsp3) is 0.500. The van der Waals surface area contributed by atoms with Crippen LogP contribution < -0.4 is 9.64 Å². The number of hydrogen-bond donors (Lipinski definition) is 1. The van der Waals surface area contributed by atoms with Crippen molar-refractivity contribution in [3.05, 3.63) is 45.9 Å². The first-order chi connectivity index (χ1) is 13.9. The van der Waals surface area contributed by atoms with Crippen LogP contribution in [0.5, 0.6) is 5.75 Å². The van der Waals surface area contributed by atoms with Gasteiger partial charge in [0.15, 0.2) is 0 Å². The summed E-state index contributed by atoms with van der Waals surface area (Å²) in [6.45, 7) is 6.43. The van der Waals surface area contributed by atoms with Crippen LogP contribution in [0.3, 0.4) is 0 Å². The molecule has 0 radical (unpaired) electrons. The predicted octanol–water partition coefficient (Wildman–Crippen LogP) is 3.01. The van der Waals surface area contributed by atoms with Crippen LogP contribution in [-0.2, 0) is 27.7 Å². The number of nitrogens with one attached hydrogen (secondary N) is 1. The molecule has 0 amide bonds. The quantitative estimate of drug-likeness (QED) is 0.749. The molecule has 0 aliphatic carbocycles. The first-order valence-electron chi connectivity index (χ1n) is 9.94. The number of rotatable bonds is 3. The third kappa shape index (κ3) is 3.58. The first-order valence-corrected chi connectivity index (χ1v) is 12.2. The molecule has 1 N–H and O–H groups in total. The Kier molecular flexibility index (Phi) is 4.68. The molecule has 1 aromatic heterocycles. The van der Waals surface area contributed by atoms with Crippen LogP contribution in [0.15, 0.2) is 18.2 Å². The minimum atomic E-state index is -2.66. The average Bonchev–Trinajstić information content (AvgIpc) is 3.28. The zero-order valence-electron chi connectivity index (χ0n) is 16.4. The van der Waals surface area contributed by atoms with Crippen LogP contribution in [0.25, 0.3) is 0 Å². The van der Waals surface area contributed by atoms with E-state index in [1.807, 2.05) is 0 Å². The molecule has 2 unspecified atom stereocenters. The van der Waals surface area contributed by atoms with Gasteiger partial charge in [0.25, 0.3) is 0 Å². The van der Waals surface area contributed by atoms with Crippen molar-refractivity contribution in [2.45, 2.75) is 30.9 Å². The highest BCUT2D eigenvalue weighted by molar-refractivity contribution is 7.91. The van der Waals surface area contributed by atoms with E-state index in [4.69, 9.17) is 21.1 Å². The third-order valence-corrected chi connectivity index (χ3v) is 7.82. The van der Waals surface area contributed by atoms with Gasteiger partial charge in [0.05, 0.1) is 33.5 Å². The van der Waals surface area contributed by atoms with Gasteiger partial charge in [-0.3, -0.25) is 9.68 Å². The molecule has 1 aromatic carbocycles. The highest BCUT2D eigenvalue weighted by atomic mass is 35.5. The standard InChI is InChI=1S/C20H24ClN5O2S/c1-13(15-3-2-14-4-9-28-18(14)10-15)25-5-7-26(8-6-25)19-16-11-29(22,27)12-17(16)23-20(21)24-19/h2-3,10,13,22H,4-9,11-12H2,1H3. The highest BCUT2D eigenvalue weighted by Gasteiger charge is 2.31. The lowest BCUT2D eigenvalue weighted by atomic mass is 10.0. The van der Waals surface area contributed by atoms with E-state index in [1.54, 1.807) is 0 Å². The van der Waals surface area contributed by atoms with Crippen molar-refractivity contribution in [1.29, 1.82) is 4.78 Å². The number of anilines is 1. The second kappa shape index (κ2) is 7.11. The maximum atomic E-state index is 12.3. The van der Waals surface area contributed by atoms with Gasteiger partial charge in [-0.1, -0.05) is 12.1 Å². The summed E-state index contributed by atoms with van der Waals surface area (Å²) in [7, 11) is -2.66. The number of hydrogen-bond acceptors (Lipinski definition) is 7. The van der Waals surface area contributed by atoms with Crippen LogP contribution in [0.1, 0.15) is 35.3 Å². The molecular weight excluding hydrogens is 410 g/mol. The maximum absolute atomic E-state index is 12.3. The topological polar surface area (TPSA) is 82.4 Å². The Labute approximate surface area is 176 Å². The number of ether oxygens (including phenoxy) is 1. The molecule has 3 aliphatic rings. The average molecular weight is 434 g/mol. The maximum Gasteiger partial charge on any atom is 0.224 e. The van der Waals surface area contributed by atoms with Crippen LogP contribution in [0.2, 0.25) is 5.28 Å². The van der Waals surface area contributed by atoms with E-state index in [2.05, 4.69) is 44.9 Å². The number of nitrogens with zero attached hydrogens (tertiary/aromatic N) is 4. The van der Waals surface area contributed by atoms with Crippen molar-refractivity contribution in [2.75, 3.05) is 37.7 Å². The molecule has 154 valence electrons. The summed E-state index contributed by atoms with van der Waals surface area (Å²) >= 11 is 6.12. The van der Waals surface area contributed by atoms with Crippen molar-refractivity contribution in [1.82, 2.24) is 14.9 Å². The van der Waals surface area contributed by atoms with Crippen molar-refractivity contribution in [2.24, 2.45) is 0 Å². The molecule has 5 rings (SSSR count). The van der Waals surface area contributed by atoms with Gasteiger partial charge in [-0.15, -0.1) is 0 Å². The molecule has 4 heterocycles. The van der Waals surface area contributed by atoms with Crippen molar-refractivity contribution in [3.8, 4) is 5.75 Å². The van der Waals surface area contributed by atoms with E-state index in [9.17, 15) is 4.21 Å². The fourth-order valence-electron chi connectivity index (χ4n) is 4.50. The summed E-state index contributed by atoms with van der Waals surface area (Å²) in [5.41, 5.74) is 4.09. The molecule has 0 saturated carbocycles. The minimum Gasteiger partial charge on any atom is -0.493 e. The molecule has 7 nitrogen and oxygen atoms in total. The van der Waals surface area contributed by atoms with E-state index in [0.717, 1.165) is 56.3 Å². The molecular formula is C20H24ClN5O2S. The van der Waals surface area contributed by atoms with E-state index in [1.165, 1.54) is 11.1 Å². The van der Waals surface area contributed by atoms with Crippen molar-refractivity contribution >= 4 is 27.1 Å². The lowest BCUT2D eigenvalue weighted by Gasteiger charge is -2.39. The summed E-state index contributed by atoms with van der Waals surface area (Å²) in [6, 6.07) is 6.89. The summed E-state index contributed by atoms with van der Waals surface area (Å²) in [6.07, 6.45) is 0.999. The molecule has 0 bridgehead atoms. The van der Waals surface area contributed by atoms with Crippen LogP contribution in [0, 0.1) is 4.78 Å². The van der Waals surface area contributed by atoms with Gasteiger partial charge in [0.2, 0.25) is 5.28 Å². The Bertz CT molecular complexity index is 1070. The molecule has 0 spiro atoms. The number of halogens is 1. The Balaban J connectivity index is 1.31. The van der Waals surface area contributed by atoms with Gasteiger partial charge >= 0.3 is 0 Å². The molecule has 3 aliphatic heterocycles. The van der Waals surface area contributed by atoms with Gasteiger partial charge in [-0.2, -0.15) is 0 Å². The van der Waals surface area contributed by atoms with E-state index in [-0.39, 0.29) is 16.8 Å². The molecule has 1 saturated heterocycles. The predicted molar refractivity (Wildman–Crippen MR) is 113 cm³/mol. The van der Waals surface area contributed by atoms with Gasteiger partial charge < -0.3 is 9.64 Å². The van der Waals surface area contributed by atoms with Crippen LogP contribution in [0.4, 0.5) is 5.82 Å². The van der Waals surface area contributed by atoms with Gasteiger partial charge in [-0.25, -0.2) is 14.2 Å². The zero-order chi connectivity index (χ0) is 20.2. The lowest BCUT2D eigenvalue weighted by molar-refractivity contribution is 0.198. The van der Waals surface area contributed by atoms with E-state index >= 15 is 0 Å². The molecule has 1 fully saturated rings. The molecule has 2 aromatic rings. The van der Waals surface area contributed by atoms with Gasteiger partial charge in [-0.05, 0) is 35.7 Å². The number of benzene rings is 1. The van der Waals surface area contributed by atoms with Gasteiger partial charge in [0, 0.05) is 44.2 Å². The zero-order valence-corrected chi connectivity index (χ0v) is 17.9. The van der Waals surface area contributed by atoms with Crippen LogP contribution in [-0.4, -0.2) is 51.9 Å². The number of fused-ring (bicyclic) bond motifs is 2. The Hall–Kier alpha value is -1.90. The summed E-state index contributed by atoms with van der Waals surface area (Å²) < 4.78 is 26.0. The Morgan fingerprint density at radius 2 is 2.00 bits per heavy atom. The van der Waals surface area contributed by atoms with E-state index in [0.29, 0.717) is 11.7 Å². The smallest absolute Gasteiger partial charge is 0.224 e.